The summed E-state index contributed by atoms with van der Waals surface area (Å²) in [4.78, 5) is 17.8. The quantitative estimate of drug-likeness (QED) is 0.441. The summed E-state index contributed by atoms with van der Waals surface area (Å²) in [5.41, 5.74) is 2.01. The third kappa shape index (κ3) is 6.62. The van der Waals surface area contributed by atoms with Gasteiger partial charge in [-0.05, 0) is 79.4 Å². The molecule has 0 aliphatic carbocycles. The Morgan fingerprint density at radius 2 is 1.69 bits per heavy atom. The smallest absolute Gasteiger partial charge is 0.251 e. The van der Waals surface area contributed by atoms with Crippen LogP contribution in [0.25, 0.3) is 10.8 Å². The topological polar surface area (TPSA) is 44.8 Å². The van der Waals surface area contributed by atoms with Gasteiger partial charge in [0.2, 0.25) is 0 Å². The van der Waals surface area contributed by atoms with Crippen molar-refractivity contribution in [2.24, 2.45) is 0 Å². The molecule has 5 rings (SSSR count). The molecule has 1 N–H and O–H groups in total. The zero-order valence-corrected chi connectivity index (χ0v) is 20.6. The van der Waals surface area contributed by atoms with E-state index in [2.05, 4.69) is 51.5 Å². The number of nitrogens with zero attached hydrogens (tertiary/aromatic N) is 2. The summed E-state index contributed by atoms with van der Waals surface area (Å²) in [7, 11) is 0. The van der Waals surface area contributed by atoms with Crippen molar-refractivity contribution in [3.8, 4) is 5.75 Å². The minimum absolute atomic E-state index is 0.0180. The second-order valence-corrected chi connectivity index (χ2v) is 10.0. The minimum atomic E-state index is 0.0180. The van der Waals surface area contributed by atoms with E-state index in [1.165, 1.54) is 37.9 Å². The van der Waals surface area contributed by atoms with E-state index in [0.717, 1.165) is 67.7 Å². The van der Waals surface area contributed by atoms with Gasteiger partial charge >= 0.3 is 0 Å². The van der Waals surface area contributed by atoms with E-state index in [1.807, 2.05) is 30.3 Å². The number of rotatable bonds is 9. The van der Waals surface area contributed by atoms with Crippen molar-refractivity contribution >= 4 is 16.7 Å². The molecule has 0 radical (unpaired) electrons. The zero-order valence-electron chi connectivity index (χ0n) is 20.6. The molecule has 0 unspecified atom stereocenters. The largest absolute Gasteiger partial charge is 0.494 e. The molecule has 2 heterocycles. The number of amides is 1. The minimum Gasteiger partial charge on any atom is -0.494 e. The molecule has 0 bridgehead atoms. The Bertz CT molecular complexity index is 1110. The van der Waals surface area contributed by atoms with Gasteiger partial charge in [0, 0.05) is 37.8 Å². The molecule has 5 nitrogen and oxygen atoms in total. The highest BCUT2D eigenvalue weighted by Crippen LogP contribution is 2.19. The predicted octanol–water partition coefficient (Wildman–Crippen LogP) is 5.10. The number of likely N-dealkylation sites (tertiary alicyclic amines) is 2. The van der Waals surface area contributed by atoms with Crippen LogP contribution in [0.3, 0.4) is 0 Å². The zero-order chi connectivity index (χ0) is 23.9. The molecule has 2 fully saturated rings. The third-order valence-corrected chi connectivity index (χ3v) is 7.28. The lowest BCUT2D eigenvalue weighted by Gasteiger charge is -2.26. The average molecular weight is 472 g/mol. The second kappa shape index (κ2) is 11.7. The number of carbonyl (C=O) groups excluding carboxylic acids is 1. The van der Waals surface area contributed by atoms with Crippen LogP contribution in [0, 0.1) is 0 Å². The molecule has 5 heteroatoms. The summed E-state index contributed by atoms with van der Waals surface area (Å²) in [6, 6.07) is 22.8. The van der Waals surface area contributed by atoms with Gasteiger partial charge in [0.15, 0.2) is 0 Å². The van der Waals surface area contributed by atoms with Crippen LogP contribution in [0.1, 0.15) is 48.0 Å². The van der Waals surface area contributed by atoms with E-state index < -0.39 is 0 Å². The van der Waals surface area contributed by atoms with Crippen LogP contribution in [0.4, 0.5) is 0 Å². The van der Waals surface area contributed by atoms with E-state index >= 15 is 0 Å². The fourth-order valence-corrected chi connectivity index (χ4v) is 5.30. The number of ether oxygens (including phenoxy) is 1. The summed E-state index contributed by atoms with van der Waals surface area (Å²) < 4.78 is 5.96. The van der Waals surface area contributed by atoms with E-state index in [4.69, 9.17) is 4.74 Å². The highest BCUT2D eigenvalue weighted by atomic mass is 16.5. The van der Waals surface area contributed by atoms with Gasteiger partial charge in [0.1, 0.15) is 5.75 Å². The Labute approximate surface area is 209 Å². The maximum Gasteiger partial charge on any atom is 0.251 e. The first-order valence-electron chi connectivity index (χ1n) is 13.2. The molecule has 3 aromatic rings. The molecule has 1 amide bonds. The Kier molecular flexibility index (Phi) is 7.96. The van der Waals surface area contributed by atoms with E-state index in [0.29, 0.717) is 0 Å². The molecule has 0 aromatic heterocycles. The van der Waals surface area contributed by atoms with E-state index in [9.17, 15) is 4.79 Å². The van der Waals surface area contributed by atoms with Crippen molar-refractivity contribution in [3.05, 3.63) is 77.9 Å². The highest BCUT2D eigenvalue weighted by Gasteiger charge is 2.24. The molecule has 2 saturated heterocycles. The average Bonchev–Trinajstić information content (AvgIpc) is 3.34. The summed E-state index contributed by atoms with van der Waals surface area (Å²) in [6.07, 6.45) is 6.14. The van der Waals surface area contributed by atoms with Crippen LogP contribution < -0.4 is 10.1 Å². The third-order valence-electron chi connectivity index (χ3n) is 7.28. The maximum atomic E-state index is 12.8. The van der Waals surface area contributed by atoms with Crippen LogP contribution >= 0.6 is 0 Å². The molecule has 35 heavy (non-hydrogen) atoms. The Morgan fingerprint density at radius 1 is 0.886 bits per heavy atom. The SMILES string of the molecule is O=C(N[C@H]1CCN(Cc2ccc(OCCCN3CCCCC3)cc2)C1)c1ccc2ccccc2c1. The summed E-state index contributed by atoms with van der Waals surface area (Å²) in [5.74, 6) is 0.971. The summed E-state index contributed by atoms with van der Waals surface area (Å²) in [5, 5.41) is 5.49. The molecular formula is C30H37N3O2. The van der Waals surface area contributed by atoms with Gasteiger partial charge < -0.3 is 15.0 Å². The molecule has 2 aliphatic heterocycles. The molecule has 0 saturated carbocycles. The lowest BCUT2D eigenvalue weighted by atomic mass is 10.1. The molecule has 3 aromatic carbocycles. The molecule has 1 atom stereocenters. The van der Waals surface area contributed by atoms with Gasteiger partial charge in [-0.3, -0.25) is 9.69 Å². The molecule has 184 valence electrons. The monoisotopic (exact) mass is 471 g/mol. The van der Waals surface area contributed by atoms with Crippen molar-refractivity contribution in [2.75, 3.05) is 39.3 Å². The van der Waals surface area contributed by atoms with Crippen molar-refractivity contribution in [1.29, 1.82) is 0 Å². The van der Waals surface area contributed by atoms with Crippen molar-refractivity contribution in [3.63, 3.8) is 0 Å². The van der Waals surface area contributed by atoms with E-state index in [1.54, 1.807) is 0 Å². The fraction of sp³-hybridized carbons (Fsp3) is 0.433. The van der Waals surface area contributed by atoms with Crippen molar-refractivity contribution < 1.29 is 9.53 Å². The molecular weight excluding hydrogens is 434 g/mol. The normalized spacial score (nSPS) is 19.1. The predicted molar refractivity (Wildman–Crippen MR) is 142 cm³/mol. The maximum absolute atomic E-state index is 12.8. The van der Waals surface area contributed by atoms with Gasteiger partial charge in [-0.1, -0.05) is 48.9 Å². The van der Waals surface area contributed by atoms with Crippen LogP contribution in [0.2, 0.25) is 0 Å². The van der Waals surface area contributed by atoms with Gasteiger partial charge in [-0.2, -0.15) is 0 Å². The molecule has 0 spiro atoms. The van der Waals surface area contributed by atoms with Gasteiger partial charge in [-0.15, -0.1) is 0 Å². The number of piperidine rings is 1. The number of hydrogen-bond acceptors (Lipinski definition) is 4. The standard InChI is InChI=1S/C30H37N3O2/c34-30(27-12-11-25-7-2-3-8-26(25)21-27)31-28-15-19-33(23-28)22-24-9-13-29(14-10-24)35-20-6-18-32-16-4-1-5-17-32/h2-3,7-14,21,28H,1,4-6,15-20,22-23H2,(H,31,34)/t28-/m0/s1. The van der Waals surface area contributed by atoms with Gasteiger partial charge in [0.05, 0.1) is 6.61 Å². The second-order valence-electron chi connectivity index (χ2n) is 10.0. The summed E-state index contributed by atoms with van der Waals surface area (Å²) >= 11 is 0. The Balaban J connectivity index is 1.04. The Morgan fingerprint density at radius 3 is 2.51 bits per heavy atom. The number of nitrogens with one attached hydrogen (secondary N) is 1. The van der Waals surface area contributed by atoms with Crippen LogP contribution in [0.15, 0.2) is 66.7 Å². The van der Waals surface area contributed by atoms with Gasteiger partial charge in [0.25, 0.3) is 5.91 Å². The fourth-order valence-electron chi connectivity index (χ4n) is 5.30. The lowest BCUT2D eigenvalue weighted by molar-refractivity contribution is 0.0937. The van der Waals surface area contributed by atoms with Crippen molar-refractivity contribution in [1.82, 2.24) is 15.1 Å². The van der Waals surface area contributed by atoms with Crippen molar-refractivity contribution in [2.45, 2.75) is 44.7 Å². The van der Waals surface area contributed by atoms with E-state index in [-0.39, 0.29) is 11.9 Å². The number of fused-ring (bicyclic) bond motifs is 1. The summed E-state index contributed by atoms with van der Waals surface area (Å²) in [6.45, 7) is 7.20. The van der Waals surface area contributed by atoms with Crippen LogP contribution in [0.5, 0.6) is 5.75 Å². The van der Waals surface area contributed by atoms with Crippen LogP contribution in [-0.2, 0) is 6.54 Å². The first-order chi connectivity index (χ1) is 17.2. The van der Waals surface area contributed by atoms with Crippen LogP contribution in [-0.4, -0.2) is 61.1 Å². The van der Waals surface area contributed by atoms with Gasteiger partial charge in [-0.25, -0.2) is 0 Å². The number of benzene rings is 3. The first-order valence-corrected chi connectivity index (χ1v) is 13.2. The number of carbonyl (C=O) groups is 1. The Hall–Kier alpha value is -2.89. The highest BCUT2D eigenvalue weighted by molar-refractivity contribution is 5.98. The molecule has 2 aliphatic rings. The number of hydrogen-bond donors (Lipinski definition) is 1. The lowest BCUT2D eigenvalue weighted by Crippen LogP contribution is -2.36. The first kappa shape index (κ1) is 23.8.